The van der Waals surface area contributed by atoms with E-state index in [1.165, 1.54) is 0 Å². The molecule has 1 saturated heterocycles. The summed E-state index contributed by atoms with van der Waals surface area (Å²) < 4.78 is 1.75. The Labute approximate surface area is 206 Å². The van der Waals surface area contributed by atoms with Gasteiger partial charge in [-0.1, -0.05) is 60.1 Å². The molecule has 0 unspecified atom stereocenters. The van der Waals surface area contributed by atoms with Gasteiger partial charge in [-0.25, -0.2) is 0 Å². The predicted octanol–water partition coefficient (Wildman–Crippen LogP) is 4.67. The molecule has 1 aromatic heterocycles. The SMILES string of the molecule is Cc1nn(Cc2ccccc2Cl)c(C)c1C(=O)NCCN1C(=O)S/C(=C/c2ccccc2)C1=O. The molecule has 4 rings (SSSR count). The number of nitrogens with one attached hydrogen (secondary N) is 1. The van der Waals surface area contributed by atoms with Crippen LogP contribution in [0.4, 0.5) is 4.79 Å². The number of carbonyl (C=O) groups excluding carboxylic acids is 3. The fraction of sp³-hybridized carbons (Fsp3) is 0.200. The van der Waals surface area contributed by atoms with Crippen LogP contribution in [-0.4, -0.2) is 44.8 Å². The van der Waals surface area contributed by atoms with Gasteiger partial charge in [-0.15, -0.1) is 0 Å². The van der Waals surface area contributed by atoms with Crippen LogP contribution in [0.2, 0.25) is 5.02 Å². The van der Waals surface area contributed by atoms with Crippen molar-refractivity contribution in [1.29, 1.82) is 0 Å². The third-order valence-corrected chi connectivity index (χ3v) is 6.75. The molecule has 1 N–H and O–H groups in total. The van der Waals surface area contributed by atoms with Crippen molar-refractivity contribution in [3.63, 3.8) is 0 Å². The largest absolute Gasteiger partial charge is 0.350 e. The Bertz CT molecular complexity index is 1290. The van der Waals surface area contributed by atoms with Crippen molar-refractivity contribution in [2.75, 3.05) is 13.1 Å². The molecule has 0 aliphatic carbocycles. The Morgan fingerprint density at radius 2 is 1.79 bits per heavy atom. The normalized spacial score (nSPS) is 14.8. The first-order chi connectivity index (χ1) is 16.3. The molecule has 3 amide bonds. The molecule has 0 atom stereocenters. The molecule has 0 radical (unpaired) electrons. The molecule has 174 valence electrons. The molecule has 0 saturated carbocycles. The molecule has 3 aromatic rings. The Hall–Kier alpha value is -3.36. The van der Waals surface area contributed by atoms with E-state index in [0.29, 0.717) is 33.4 Å². The first kappa shape index (κ1) is 23.8. The zero-order valence-electron chi connectivity index (χ0n) is 18.7. The summed E-state index contributed by atoms with van der Waals surface area (Å²) in [6.07, 6.45) is 1.70. The van der Waals surface area contributed by atoms with Crippen LogP contribution in [0.5, 0.6) is 0 Å². The second-order valence-corrected chi connectivity index (χ2v) is 9.20. The van der Waals surface area contributed by atoms with E-state index in [-0.39, 0.29) is 30.1 Å². The molecule has 1 aliphatic heterocycles. The molecule has 7 nitrogen and oxygen atoms in total. The zero-order chi connectivity index (χ0) is 24.2. The highest BCUT2D eigenvalue weighted by molar-refractivity contribution is 8.18. The Morgan fingerprint density at radius 1 is 1.09 bits per heavy atom. The van der Waals surface area contributed by atoms with Crippen molar-refractivity contribution in [3.05, 3.63) is 92.6 Å². The monoisotopic (exact) mass is 494 g/mol. The van der Waals surface area contributed by atoms with Crippen LogP contribution in [0.25, 0.3) is 6.08 Å². The molecule has 2 aromatic carbocycles. The van der Waals surface area contributed by atoms with E-state index in [1.807, 2.05) is 61.5 Å². The number of thioether (sulfide) groups is 1. The van der Waals surface area contributed by atoms with E-state index >= 15 is 0 Å². The van der Waals surface area contributed by atoms with Gasteiger partial charge in [0.2, 0.25) is 0 Å². The first-order valence-corrected chi connectivity index (χ1v) is 11.9. The van der Waals surface area contributed by atoms with Crippen LogP contribution in [0, 0.1) is 13.8 Å². The van der Waals surface area contributed by atoms with Crippen LogP contribution < -0.4 is 5.32 Å². The number of aromatic nitrogens is 2. The summed E-state index contributed by atoms with van der Waals surface area (Å²) >= 11 is 7.16. The fourth-order valence-electron chi connectivity index (χ4n) is 3.73. The smallest absolute Gasteiger partial charge is 0.293 e. The number of imide groups is 1. The molecule has 9 heteroatoms. The minimum absolute atomic E-state index is 0.0917. The van der Waals surface area contributed by atoms with Crippen LogP contribution in [-0.2, 0) is 11.3 Å². The van der Waals surface area contributed by atoms with Crippen molar-refractivity contribution >= 4 is 46.5 Å². The lowest BCUT2D eigenvalue weighted by molar-refractivity contribution is -0.122. The number of amides is 3. The number of hydrogen-bond donors (Lipinski definition) is 1. The zero-order valence-corrected chi connectivity index (χ0v) is 20.3. The van der Waals surface area contributed by atoms with Gasteiger partial charge in [-0.3, -0.25) is 24.0 Å². The number of benzene rings is 2. The standard InChI is InChI=1S/C25H23ClN4O3S/c1-16-22(17(2)30(28-16)15-19-10-6-7-11-20(19)26)23(31)27-12-13-29-24(32)21(34-25(29)33)14-18-8-4-3-5-9-18/h3-11,14H,12-13,15H2,1-2H3,(H,27,31)/b21-14+. The van der Waals surface area contributed by atoms with Gasteiger partial charge in [0.1, 0.15) is 0 Å². The molecule has 2 heterocycles. The van der Waals surface area contributed by atoms with Gasteiger partial charge < -0.3 is 5.32 Å². The predicted molar refractivity (Wildman–Crippen MR) is 134 cm³/mol. The van der Waals surface area contributed by atoms with E-state index in [1.54, 1.807) is 17.7 Å². The second kappa shape index (κ2) is 10.3. The number of hydrogen-bond acceptors (Lipinski definition) is 5. The lowest BCUT2D eigenvalue weighted by atomic mass is 10.1. The van der Waals surface area contributed by atoms with Gasteiger partial charge in [0.25, 0.3) is 17.1 Å². The van der Waals surface area contributed by atoms with Gasteiger partial charge in [0.05, 0.1) is 22.7 Å². The van der Waals surface area contributed by atoms with Crippen LogP contribution in [0.15, 0.2) is 59.5 Å². The van der Waals surface area contributed by atoms with Gasteiger partial charge in [0.15, 0.2) is 0 Å². The minimum atomic E-state index is -0.354. The highest BCUT2D eigenvalue weighted by Gasteiger charge is 2.34. The first-order valence-electron chi connectivity index (χ1n) is 10.7. The number of halogens is 1. The van der Waals surface area contributed by atoms with Gasteiger partial charge >= 0.3 is 0 Å². The molecular weight excluding hydrogens is 472 g/mol. The summed E-state index contributed by atoms with van der Waals surface area (Å²) in [5.74, 6) is -0.653. The third kappa shape index (κ3) is 5.08. The van der Waals surface area contributed by atoms with Gasteiger partial charge in [0, 0.05) is 23.8 Å². The number of rotatable bonds is 7. The average molecular weight is 495 g/mol. The Balaban J connectivity index is 1.38. The summed E-state index contributed by atoms with van der Waals surface area (Å²) in [7, 11) is 0. The lowest BCUT2D eigenvalue weighted by Crippen LogP contribution is -2.37. The fourth-order valence-corrected chi connectivity index (χ4v) is 4.79. The van der Waals surface area contributed by atoms with Crippen molar-refractivity contribution in [3.8, 4) is 0 Å². The highest BCUT2D eigenvalue weighted by Crippen LogP contribution is 2.31. The van der Waals surface area contributed by atoms with Gasteiger partial charge in [-0.2, -0.15) is 5.10 Å². The Morgan fingerprint density at radius 3 is 2.53 bits per heavy atom. The highest BCUT2D eigenvalue weighted by atomic mass is 35.5. The molecule has 0 bridgehead atoms. The molecule has 1 fully saturated rings. The minimum Gasteiger partial charge on any atom is -0.350 e. The number of carbonyl (C=O) groups is 3. The van der Waals surface area contributed by atoms with E-state index in [9.17, 15) is 14.4 Å². The van der Waals surface area contributed by atoms with Crippen molar-refractivity contribution in [1.82, 2.24) is 20.0 Å². The van der Waals surface area contributed by atoms with Crippen molar-refractivity contribution < 1.29 is 14.4 Å². The quantitative estimate of drug-likeness (QED) is 0.482. The lowest BCUT2D eigenvalue weighted by Gasteiger charge is -2.13. The topological polar surface area (TPSA) is 84.3 Å². The van der Waals surface area contributed by atoms with Crippen LogP contribution in [0.1, 0.15) is 32.9 Å². The summed E-state index contributed by atoms with van der Waals surface area (Å²) in [6, 6.07) is 16.8. The summed E-state index contributed by atoms with van der Waals surface area (Å²) in [6.45, 7) is 4.29. The molecule has 1 aliphatic rings. The summed E-state index contributed by atoms with van der Waals surface area (Å²) in [4.78, 5) is 39.4. The molecule has 0 spiro atoms. The van der Waals surface area contributed by atoms with E-state index in [4.69, 9.17) is 11.6 Å². The maximum absolute atomic E-state index is 12.9. The van der Waals surface area contributed by atoms with Gasteiger partial charge in [-0.05, 0) is 48.9 Å². The average Bonchev–Trinajstić information content (AvgIpc) is 3.24. The van der Waals surface area contributed by atoms with Crippen molar-refractivity contribution in [2.24, 2.45) is 0 Å². The van der Waals surface area contributed by atoms with E-state index in [0.717, 1.165) is 27.8 Å². The van der Waals surface area contributed by atoms with E-state index < -0.39 is 0 Å². The van der Waals surface area contributed by atoms with Crippen LogP contribution in [0.3, 0.4) is 0 Å². The maximum Gasteiger partial charge on any atom is 0.293 e. The van der Waals surface area contributed by atoms with Crippen LogP contribution >= 0.6 is 23.4 Å². The second-order valence-electron chi connectivity index (χ2n) is 7.79. The summed E-state index contributed by atoms with van der Waals surface area (Å²) in [5.41, 5.74) is 3.54. The number of aryl methyl sites for hydroxylation is 1. The third-order valence-electron chi connectivity index (χ3n) is 5.48. The Kier molecular flexibility index (Phi) is 7.19. The molecular formula is C25H23ClN4O3S. The molecule has 34 heavy (non-hydrogen) atoms. The van der Waals surface area contributed by atoms with Crippen molar-refractivity contribution in [2.45, 2.75) is 20.4 Å². The summed E-state index contributed by atoms with van der Waals surface area (Å²) in [5, 5.41) is 7.60. The maximum atomic E-state index is 12.9. The van der Waals surface area contributed by atoms with E-state index in [2.05, 4.69) is 10.4 Å². The number of nitrogens with zero attached hydrogens (tertiary/aromatic N) is 3.